The maximum absolute atomic E-state index is 12.8. The molecule has 4 nitrogen and oxygen atoms in total. The molecule has 0 aliphatic carbocycles. The number of carbonyl (C=O) groups excluding carboxylic acids is 2. The van der Waals surface area contributed by atoms with Gasteiger partial charge in [-0.3, -0.25) is 4.79 Å². The highest BCUT2D eigenvalue weighted by atomic mass is 35.5. The number of ketones is 1. The molecule has 3 aromatic carbocycles. The van der Waals surface area contributed by atoms with E-state index >= 15 is 0 Å². The van der Waals surface area contributed by atoms with Crippen molar-refractivity contribution in [1.29, 1.82) is 0 Å². The van der Waals surface area contributed by atoms with Crippen LogP contribution in [-0.2, 0) is 0 Å². The van der Waals surface area contributed by atoms with Gasteiger partial charge in [0.05, 0.1) is 11.1 Å². The van der Waals surface area contributed by atoms with Gasteiger partial charge in [-0.1, -0.05) is 41.9 Å². The molecule has 5 heteroatoms. The second-order valence-electron chi connectivity index (χ2n) is 6.81. The topological polar surface area (TPSA) is 52.6 Å². The summed E-state index contributed by atoms with van der Waals surface area (Å²) in [5.74, 6) is 0.263. The summed E-state index contributed by atoms with van der Waals surface area (Å²) in [7, 11) is 0. The second-order valence-corrected chi connectivity index (χ2v) is 7.25. The smallest absolute Gasteiger partial charge is 0.343 e. The van der Waals surface area contributed by atoms with Crippen LogP contribution < -0.4 is 9.47 Å². The van der Waals surface area contributed by atoms with E-state index in [4.69, 9.17) is 21.1 Å². The number of benzene rings is 3. The molecule has 0 atom stereocenters. The summed E-state index contributed by atoms with van der Waals surface area (Å²) in [4.78, 5) is 25.3. The van der Waals surface area contributed by atoms with Crippen LogP contribution >= 0.6 is 11.6 Å². The molecule has 1 heterocycles. The molecule has 0 saturated carbocycles. The van der Waals surface area contributed by atoms with E-state index in [9.17, 15) is 9.59 Å². The van der Waals surface area contributed by atoms with Gasteiger partial charge in [0.1, 0.15) is 11.5 Å². The van der Waals surface area contributed by atoms with Crippen LogP contribution in [0.25, 0.3) is 6.08 Å². The van der Waals surface area contributed by atoms with Crippen molar-refractivity contribution in [3.63, 3.8) is 0 Å². The van der Waals surface area contributed by atoms with Crippen LogP contribution in [0.3, 0.4) is 0 Å². The number of Topliss-reactive ketones (excluding diaryl/α,β-unsaturated/α-hetero) is 1. The molecule has 0 bridgehead atoms. The fourth-order valence-electron chi connectivity index (χ4n) is 3.21. The molecule has 1 aliphatic heterocycles. The minimum Gasteiger partial charge on any atom is -0.452 e. The maximum atomic E-state index is 12.8. The first-order chi connectivity index (χ1) is 13.9. The number of allylic oxidation sites excluding steroid dienone is 1. The predicted molar refractivity (Wildman–Crippen MR) is 112 cm³/mol. The van der Waals surface area contributed by atoms with Crippen molar-refractivity contribution in [1.82, 2.24) is 0 Å². The minimum absolute atomic E-state index is 0.204. The Morgan fingerprint density at radius 2 is 1.72 bits per heavy atom. The Labute approximate surface area is 173 Å². The van der Waals surface area contributed by atoms with E-state index in [1.807, 2.05) is 19.1 Å². The lowest BCUT2D eigenvalue weighted by Gasteiger charge is -2.09. The summed E-state index contributed by atoms with van der Waals surface area (Å²) in [6, 6.07) is 17.5. The molecule has 4 rings (SSSR count). The molecule has 0 spiro atoms. The monoisotopic (exact) mass is 404 g/mol. The molecule has 0 aromatic heterocycles. The number of hydrogen-bond donors (Lipinski definition) is 0. The zero-order valence-corrected chi connectivity index (χ0v) is 16.6. The van der Waals surface area contributed by atoms with Gasteiger partial charge in [-0.25, -0.2) is 4.79 Å². The molecule has 1 aliphatic rings. The molecule has 3 aromatic rings. The number of ether oxygens (including phenoxy) is 2. The first-order valence-electron chi connectivity index (χ1n) is 9.04. The highest BCUT2D eigenvalue weighted by molar-refractivity contribution is 6.30. The van der Waals surface area contributed by atoms with Gasteiger partial charge in [-0.05, 0) is 60.9 Å². The van der Waals surface area contributed by atoms with E-state index in [-0.39, 0.29) is 11.5 Å². The predicted octanol–water partition coefficient (Wildman–Crippen LogP) is 5.79. The van der Waals surface area contributed by atoms with Crippen molar-refractivity contribution < 1.29 is 19.1 Å². The normalized spacial score (nSPS) is 13.9. The van der Waals surface area contributed by atoms with Gasteiger partial charge in [0.25, 0.3) is 0 Å². The van der Waals surface area contributed by atoms with Crippen LogP contribution in [0.1, 0.15) is 37.4 Å². The van der Waals surface area contributed by atoms with Crippen LogP contribution in [0.4, 0.5) is 0 Å². The zero-order valence-electron chi connectivity index (χ0n) is 15.9. The third kappa shape index (κ3) is 3.80. The van der Waals surface area contributed by atoms with Gasteiger partial charge >= 0.3 is 5.97 Å². The molecule has 0 amide bonds. The molecular weight excluding hydrogens is 388 g/mol. The van der Waals surface area contributed by atoms with Crippen LogP contribution in [0.15, 0.2) is 66.4 Å². The van der Waals surface area contributed by atoms with Crippen molar-refractivity contribution in [3.05, 3.63) is 99.3 Å². The number of halogens is 1. The van der Waals surface area contributed by atoms with Crippen molar-refractivity contribution in [2.24, 2.45) is 0 Å². The fraction of sp³-hybridized carbons (Fsp3) is 0.0833. The average molecular weight is 405 g/mol. The summed E-state index contributed by atoms with van der Waals surface area (Å²) < 4.78 is 11.3. The Morgan fingerprint density at radius 1 is 1.00 bits per heavy atom. The largest absolute Gasteiger partial charge is 0.452 e. The van der Waals surface area contributed by atoms with E-state index in [1.54, 1.807) is 61.5 Å². The maximum Gasteiger partial charge on any atom is 0.343 e. The highest BCUT2D eigenvalue weighted by Gasteiger charge is 2.30. The Bertz CT molecular complexity index is 1160. The lowest BCUT2D eigenvalue weighted by atomic mass is 10.0. The van der Waals surface area contributed by atoms with Crippen LogP contribution in [-0.4, -0.2) is 11.8 Å². The highest BCUT2D eigenvalue weighted by Crippen LogP contribution is 2.37. The van der Waals surface area contributed by atoms with Gasteiger partial charge in [-0.15, -0.1) is 0 Å². The zero-order chi connectivity index (χ0) is 20.5. The van der Waals surface area contributed by atoms with Gasteiger partial charge in [-0.2, -0.15) is 0 Å². The molecule has 0 fully saturated rings. The van der Waals surface area contributed by atoms with Crippen molar-refractivity contribution in [3.8, 4) is 11.5 Å². The Balaban J connectivity index is 1.62. The Morgan fingerprint density at radius 3 is 2.45 bits per heavy atom. The Hall–Kier alpha value is -3.37. The van der Waals surface area contributed by atoms with E-state index in [1.165, 1.54) is 0 Å². The van der Waals surface area contributed by atoms with Crippen LogP contribution in [0.2, 0.25) is 5.02 Å². The van der Waals surface area contributed by atoms with E-state index < -0.39 is 5.97 Å². The molecule has 29 heavy (non-hydrogen) atoms. The SMILES string of the molecule is Cc1ccccc1C(=O)Oc1cc(C)c2c(c1)O/C(=C\c1ccc(Cl)cc1)C2=O. The van der Waals surface area contributed by atoms with Gasteiger partial charge < -0.3 is 9.47 Å². The van der Waals surface area contributed by atoms with Crippen LogP contribution in [0, 0.1) is 13.8 Å². The third-order valence-corrected chi connectivity index (χ3v) is 4.94. The number of fused-ring (bicyclic) bond motifs is 1. The van der Waals surface area contributed by atoms with Crippen molar-refractivity contribution >= 4 is 29.4 Å². The minimum atomic E-state index is -0.455. The van der Waals surface area contributed by atoms with E-state index in [0.29, 0.717) is 33.2 Å². The van der Waals surface area contributed by atoms with Crippen LogP contribution in [0.5, 0.6) is 11.5 Å². The summed E-state index contributed by atoms with van der Waals surface area (Å²) >= 11 is 5.90. The first kappa shape index (κ1) is 19.0. The fourth-order valence-corrected chi connectivity index (χ4v) is 3.34. The Kier molecular flexibility index (Phi) is 4.95. The number of carbonyl (C=O) groups is 2. The number of esters is 1. The molecule has 0 saturated heterocycles. The molecule has 0 unspecified atom stereocenters. The lowest BCUT2D eigenvalue weighted by molar-refractivity contribution is 0.0733. The standard InChI is InChI=1S/C24H17ClO4/c1-14-5-3-4-6-19(14)24(27)28-18-11-15(2)22-20(13-18)29-21(23(22)26)12-16-7-9-17(25)10-8-16/h3-13H,1-2H3/b21-12-. The van der Waals surface area contributed by atoms with E-state index in [0.717, 1.165) is 11.1 Å². The lowest BCUT2D eigenvalue weighted by Crippen LogP contribution is -2.10. The summed E-state index contributed by atoms with van der Waals surface area (Å²) in [5.41, 5.74) is 3.27. The van der Waals surface area contributed by atoms with Crippen molar-refractivity contribution in [2.75, 3.05) is 0 Å². The molecule has 0 radical (unpaired) electrons. The molecule has 144 valence electrons. The number of rotatable bonds is 3. The third-order valence-electron chi connectivity index (χ3n) is 4.69. The quantitative estimate of drug-likeness (QED) is 0.315. The molecular formula is C24H17ClO4. The molecule has 0 N–H and O–H groups in total. The van der Waals surface area contributed by atoms with Gasteiger partial charge in [0, 0.05) is 11.1 Å². The number of aryl methyl sites for hydroxylation is 2. The van der Waals surface area contributed by atoms with Gasteiger partial charge in [0.2, 0.25) is 5.78 Å². The summed E-state index contributed by atoms with van der Waals surface area (Å²) in [6.07, 6.45) is 1.66. The van der Waals surface area contributed by atoms with Gasteiger partial charge in [0.15, 0.2) is 5.76 Å². The first-order valence-corrected chi connectivity index (χ1v) is 9.42. The number of hydrogen-bond acceptors (Lipinski definition) is 4. The summed E-state index contributed by atoms with van der Waals surface area (Å²) in [6.45, 7) is 3.64. The van der Waals surface area contributed by atoms with Crippen molar-refractivity contribution in [2.45, 2.75) is 13.8 Å². The average Bonchev–Trinajstić information content (AvgIpc) is 2.99. The second kappa shape index (κ2) is 7.57. The van der Waals surface area contributed by atoms with E-state index in [2.05, 4.69) is 0 Å². The summed E-state index contributed by atoms with van der Waals surface area (Å²) in [5, 5.41) is 0.616.